The number of rotatable bonds is 6. The second kappa shape index (κ2) is 12.5. The molecule has 5 nitrogen and oxygen atoms in total. The van der Waals surface area contributed by atoms with E-state index in [1.54, 1.807) is 4.90 Å². The Balaban J connectivity index is 0.00000243. The first kappa shape index (κ1) is 27.0. The smallest absolute Gasteiger partial charge is 0.252 e. The highest BCUT2D eigenvalue weighted by atomic mass is 32.1. The van der Waals surface area contributed by atoms with Crippen LogP contribution in [0, 0.1) is 5.92 Å². The van der Waals surface area contributed by atoms with Gasteiger partial charge in [0.1, 0.15) is 12.1 Å². The maximum absolute atomic E-state index is 13.2. The predicted molar refractivity (Wildman–Crippen MR) is 123 cm³/mol. The Hall–Kier alpha value is -1.02. The SMILES string of the molecule is C.CC(C)C[C@H](OCc1ccccc1)C(=O)N1CCC[C@H]2NCC(=O)[C@H]21.S.S. The predicted octanol–water partition coefficient (Wildman–Crippen LogP) is 3.01. The molecule has 0 aliphatic carbocycles. The molecule has 0 aromatic heterocycles. The van der Waals surface area contributed by atoms with Crippen molar-refractivity contribution in [3.63, 3.8) is 0 Å². The van der Waals surface area contributed by atoms with Crippen LogP contribution in [0.3, 0.4) is 0 Å². The van der Waals surface area contributed by atoms with E-state index in [9.17, 15) is 9.59 Å². The van der Waals surface area contributed by atoms with Crippen LogP contribution in [0.2, 0.25) is 0 Å². The molecule has 2 aliphatic heterocycles. The molecule has 2 heterocycles. The van der Waals surface area contributed by atoms with Crippen LogP contribution in [0.4, 0.5) is 0 Å². The van der Waals surface area contributed by atoms with E-state index in [1.807, 2.05) is 30.3 Å². The number of amides is 1. The van der Waals surface area contributed by atoms with E-state index in [0.29, 0.717) is 32.0 Å². The molecule has 3 rings (SSSR count). The molecule has 1 amide bonds. The van der Waals surface area contributed by atoms with Crippen molar-refractivity contribution in [3.8, 4) is 0 Å². The van der Waals surface area contributed by atoms with E-state index in [1.165, 1.54) is 0 Å². The summed E-state index contributed by atoms with van der Waals surface area (Å²) in [6.07, 6.45) is 2.06. The summed E-state index contributed by atoms with van der Waals surface area (Å²) < 4.78 is 6.01. The van der Waals surface area contributed by atoms with E-state index in [2.05, 4.69) is 19.2 Å². The highest BCUT2D eigenvalue weighted by Gasteiger charge is 2.44. The summed E-state index contributed by atoms with van der Waals surface area (Å²) in [5.74, 6) is 0.448. The number of benzene rings is 1. The summed E-state index contributed by atoms with van der Waals surface area (Å²) in [6.45, 7) is 5.62. The first-order valence-electron chi connectivity index (χ1n) is 9.28. The number of nitrogens with zero attached hydrogens (tertiary/aromatic N) is 1. The molecule has 0 unspecified atom stereocenters. The maximum atomic E-state index is 13.2. The number of hydrogen-bond donors (Lipinski definition) is 1. The number of ether oxygens (including phenoxy) is 1. The molecule has 2 aliphatic rings. The zero-order chi connectivity index (χ0) is 17.8. The largest absolute Gasteiger partial charge is 0.364 e. The quantitative estimate of drug-likeness (QED) is 0.757. The van der Waals surface area contributed by atoms with Gasteiger partial charge in [0.15, 0.2) is 5.78 Å². The van der Waals surface area contributed by atoms with Gasteiger partial charge in [0.2, 0.25) is 0 Å². The monoisotopic (exact) mass is 428 g/mol. The minimum Gasteiger partial charge on any atom is -0.364 e. The number of hydrogen-bond acceptors (Lipinski definition) is 4. The summed E-state index contributed by atoms with van der Waals surface area (Å²) in [5, 5.41) is 3.25. The van der Waals surface area contributed by atoms with Crippen LogP contribution in [-0.2, 0) is 20.9 Å². The Morgan fingerprint density at radius 2 is 1.93 bits per heavy atom. The lowest BCUT2D eigenvalue weighted by Crippen LogP contribution is -2.56. The molecule has 2 saturated heterocycles. The third-order valence-electron chi connectivity index (χ3n) is 5.04. The van der Waals surface area contributed by atoms with E-state index in [0.717, 1.165) is 18.4 Å². The molecule has 160 valence electrons. The molecule has 7 heteroatoms. The Labute approximate surface area is 183 Å². The Bertz CT molecular complexity index is 613. The molecule has 0 bridgehead atoms. The number of Topliss-reactive ketones (excluding diaryl/α,β-unsaturated/α-hetero) is 1. The van der Waals surface area contributed by atoms with Gasteiger partial charge in [-0.15, -0.1) is 0 Å². The molecule has 1 aromatic carbocycles. The fraction of sp³-hybridized carbons (Fsp3) is 0.619. The van der Waals surface area contributed by atoms with Crippen LogP contribution in [0.1, 0.15) is 46.1 Å². The van der Waals surface area contributed by atoms with Crippen molar-refractivity contribution in [1.82, 2.24) is 10.2 Å². The lowest BCUT2D eigenvalue weighted by atomic mass is 9.95. The fourth-order valence-corrected chi connectivity index (χ4v) is 3.82. The Kier molecular flexibility index (Phi) is 12.1. The van der Waals surface area contributed by atoms with E-state index in [-0.39, 0.29) is 58.2 Å². The van der Waals surface area contributed by atoms with Crippen LogP contribution in [0.25, 0.3) is 0 Å². The maximum Gasteiger partial charge on any atom is 0.252 e. The molecule has 28 heavy (non-hydrogen) atoms. The average Bonchev–Trinajstić information content (AvgIpc) is 3.00. The number of ketones is 1. The normalized spacial score (nSPS) is 21.8. The first-order chi connectivity index (χ1) is 12.1. The molecule has 1 N–H and O–H groups in total. The van der Waals surface area contributed by atoms with Gasteiger partial charge >= 0.3 is 0 Å². The highest BCUT2D eigenvalue weighted by Crippen LogP contribution is 2.25. The van der Waals surface area contributed by atoms with Gasteiger partial charge in [-0.2, -0.15) is 27.0 Å². The van der Waals surface area contributed by atoms with Crippen LogP contribution >= 0.6 is 27.0 Å². The molecular weight excluding hydrogens is 392 g/mol. The summed E-state index contributed by atoms with van der Waals surface area (Å²) >= 11 is 0. The van der Waals surface area contributed by atoms with E-state index >= 15 is 0 Å². The van der Waals surface area contributed by atoms with E-state index < -0.39 is 6.10 Å². The van der Waals surface area contributed by atoms with Crippen molar-refractivity contribution in [1.29, 1.82) is 0 Å². The number of nitrogens with one attached hydrogen (secondary N) is 1. The third-order valence-corrected chi connectivity index (χ3v) is 5.04. The second-order valence-electron chi connectivity index (χ2n) is 7.49. The number of carbonyl (C=O) groups is 2. The molecular formula is C21H36N2O3S2. The van der Waals surface area contributed by atoms with E-state index in [4.69, 9.17) is 4.74 Å². The zero-order valence-electron chi connectivity index (χ0n) is 16.1. The van der Waals surface area contributed by atoms with Crippen LogP contribution in [0.15, 0.2) is 30.3 Å². The number of piperidine rings is 1. The molecule has 1 aromatic rings. The van der Waals surface area contributed by atoms with Crippen LogP contribution in [0.5, 0.6) is 0 Å². The average molecular weight is 429 g/mol. The Morgan fingerprint density at radius 3 is 2.57 bits per heavy atom. The van der Waals surface area contributed by atoms with Gasteiger partial charge in [-0.3, -0.25) is 9.59 Å². The summed E-state index contributed by atoms with van der Waals surface area (Å²) in [5.41, 5.74) is 1.05. The summed E-state index contributed by atoms with van der Waals surface area (Å²) in [7, 11) is 0. The lowest BCUT2D eigenvalue weighted by molar-refractivity contribution is -0.152. The van der Waals surface area contributed by atoms with Gasteiger partial charge in [0.25, 0.3) is 5.91 Å². The third kappa shape index (κ3) is 6.51. The van der Waals surface area contributed by atoms with Gasteiger partial charge in [-0.05, 0) is 30.7 Å². The second-order valence-corrected chi connectivity index (χ2v) is 7.49. The van der Waals surface area contributed by atoms with Crippen molar-refractivity contribution in [2.24, 2.45) is 5.92 Å². The first-order valence-corrected chi connectivity index (χ1v) is 9.28. The topological polar surface area (TPSA) is 58.6 Å². The highest BCUT2D eigenvalue weighted by molar-refractivity contribution is 7.59. The molecule has 2 fully saturated rings. The van der Waals surface area contributed by atoms with Gasteiger partial charge < -0.3 is 15.0 Å². The lowest BCUT2D eigenvalue weighted by Gasteiger charge is -2.38. The molecule has 0 radical (unpaired) electrons. The zero-order valence-corrected chi connectivity index (χ0v) is 18.1. The standard InChI is InChI=1S/C20H28N2O3.CH4.2H2S/c1-14(2)11-18(25-13-15-7-4-3-5-8-15)20(24)22-10-6-9-16-19(22)17(23)12-21-16;;;/h3-5,7-8,14,16,18-19,21H,6,9-13H2,1-2H3;1H4;2*1H2/t16-,18+,19+;;;/m1.../s1. The number of carbonyl (C=O) groups excluding carboxylic acids is 2. The summed E-state index contributed by atoms with van der Waals surface area (Å²) in [6, 6.07) is 9.70. The Morgan fingerprint density at radius 1 is 1.25 bits per heavy atom. The molecule has 0 spiro atoms. The van der Waals surface area contributed by atoms with Crippen molar-refractivity contribution in [2.75, 3.05) is 13.1 Å². The number of fused-ring (bicyclic) bond motifs is 1. The van der Waals surface area contributed by atoms with Crippen molar-refractivity contribution in [3.05, 3.63) is 35.9 Å². The summed E-state index contributed by atoms with van der Waals surface area (Å²) in [4.78, 5) is 27.2. The van der Waals surface area contributed by atoms with Crippen LogP contribution < -0.4 is 5.32 Å². The van der Waals surface area contributed by atoms with Gasteiger partial charge in [-0.25, -0.2) is 0 Å². The van der Waals surface area contributed by atoms with Crippen LogP contribution in [-0.4, -0.2) is 47.9 Å². The van der Waals surface area contributed by atoms with Gasteiger partial charge in [0, 0.05) is 12.6 Å². The van der Waals surface area contributed by atoms with Crippen molar-refractivity contribution in [2.45, 2.75) is 65.3 Å². The molecule has 0 saturated carbocycles. The molecule has 3 atom stereocenters. The number of likely N-dealkylation sites (tertiary alicyclic amines) is 1. The van der Waals surface area contributed by atoms with Crippen molar-refractivity contribution >= 4 is 38.7 Å². The minimum absolute atomic E-state index is 0. The minimum atomic E-state index is -0.493. The van der Waals surface area contributed by atoms with Gasteiger partial charge in [-0.1, -0.05) is 51.6 Å². The van der Waals surface area contributed by atoms with Crippen molar-refractivity contribution < 1.29 is 14.3 Å². The fourth-order valence-electron chi connectivity index (χ4n) is 3.82. The van der Waals surface area contributed by atoms with Gasteiger partial charge in [0.05, 0.1) is 13.2 Å².